The zero-order valence-electron chi connectivity index (χ0n) is 9.22. The van der Waals surface area contributed by atoms with Crippen LogP contribution in [0.5, 0.6) is 0 Å². The Morgan fingerprint density at radius 2 is 2.00 bits per heavy atom. The van der Waals surface area contributed by atoms with Gasteiger partial charge >= 0.3 is 0 Å². The third-order valence-electron chi connectivity index (χ3n) is 2.22. The molecule has 2 rings (SSSR count). The Kier molecular flexibility index (Phi) is 3.30. The van der Waals surface area contributed by atoms with Crippen LogP contribution in [0.25, 0.3) is 0 Å². The highest BCUT2D eigenvalue weighted by molar-refractivity contribution is 6.02. The molecule has 1 aromatic carbocycles. The Labute approximate surface area is 103 Å². The van der Waals surface area contributed by atoms with Crippen LogP contribution in [-0.4, -0.2) is 10.9 Å². The van der Waals surface area contributed by atoms with E-state index in [-0.39, 0.29) is 17.1 Å². The molecule has 0 saturated heterocycles. The second-order valence-corrected chi connectivity index (χ2v) is 3.45. The van der Waals surface area contributed by atoms with Crippen molar-refractivity contribution in [3.63, 3.8) is 0 Å². The number of amides is 1. The molecule has 0 fully saturated rings. The zero-order chi connectivity index (χ0) is 13.0. The van der Waals surface area contributed by atoms with Crippen molar-refractivity contribution in [2.24, 2.45) is 0 Å². The average molecular weight is 241 g/mol. The van der Waals surface area contributed by atoms with Gasteiger partial charge in [0.25, 0.3) is 5.91 Å². The maximum Gasteiger partial charge on any atom is 0.274 e. The summed E-state index contributed by atoms with van der Waals surface area (Å²) in [5, 5.41) is 11.1. The first-order chi connectivity index (χ1) is 8.70. The van der Waals surface area contributed by atoms with Crippen molar-refractivity contribution in [1.29, 1.82) is 5.26 Å². The van der Waals surface area contributed by atoms with Crippen LogP contribution in [0.15, 0.2) is 42.5 Å². The van der Waals surface area contributed by atoms with E-state index in [1.165, 1.54) is 30.3 Å². The summed E-state index contributed by atoms with van der Waals surface area (Å²) in [5.41, 5.74) is 0.278. The molecule has 0 aliphatic carbocycles. The molecule has 18 heavy (non-hydrogen) atoms. The van der Waals surface area contributed by atoms with E-state index < -0.39 is 11.7 Å². The summed E-state index contributed by atoms with van der Waals surface area (Å²) in [5.74, 6) is -1.08. The molecule has 0 bridgehead atoms. The fraction of sp³-hybridized carbons (Fsp3) is 0. The first-order valence-electron chi connectivity index (χ1n) is 5.14. The largest absolute Gasteiger partial charge is 0.318 e. The van der Waals surface area contributed by atoms with Gasteiger partial charge in [0.05, 0.1) is 5.69 Å². The van der Waals surface area contributed by atoms with Crippen LogP contribution in [-0.2, 0) is 0 Å². The molecule has 0 saturated carbocycles. The van der Waals surface area contributed by atoms with Crippen molar-refractivity contribution in [3.05, 3.63) is 59.7 Å². The second-order valence-electron chi connectivity index (χ2n) is 3.45. The van der Waals surface area contributed by atoms with Gasteiger partial charge < -0.3 is 5.32 Å². The lowest BCUT2D eigenvalue weighted by Gasteiger charge is -2.05. The second kappa shape index (κ2) is 5.06. The molecule has 1 N–H and O–H groups in total. The van der Waals surface area contributed by atoms with Crippen molar-refractivity contribution >= 4 is 11.6 Å². The standard InChI is InChI=1S/C13H8FN3O/c14-10-5-1-2-6-11(10)17-13(18)12-7-3-4-9(8-15)16-12/h1-7H,(H,17,18). The molecule has 0 radical (unpaired) electrons. The van der Waals surface area contributed by atoms with E-state index in [0.29, 0.717) is 0 Å². The quantitative estimate of drug-likeness (QED) is 0.877. The summed E-state index contributed by atoms with van der Waals surface area (Å²) >= 11 is 0. The van der Waals surface area contributed by atoms with Crippen LogP contribution in [0, 0.1) is 17.1 Å². The van der Waals surface area contributed by atoms with Crippen molar-refractivity contribution in [2.75, 3.05) is 5.32 Å². The molecule has 88 valence electrons. The summed E-state index contributed by atoms with van der Waals surface area (Å²) in [6, 6.07) is 12.1. The predicted octanol–water partition coefficient (Wildman–Crippen LogP) is 2.34. The molecule has 0 unspecified atom stereocenters. The van der Waals surface area contributed by atoms with Crippen molar-refractivity contribution in [1.82, 2.24) is 4.98 Å². The summed E-state index contributed by atoms with van der Waals surface area (Å²) in [4.78, 5) is 15.6. The molecule has 2 aromatic rings. The summed E-state index contributed by atoms with van der Waals surface area (Å²) in [7, 11) is 0. The van der Waals surface area contributed by atoms with Crippen LogP contribution in [0.1, 0.15) is 16.2 Å². The van der Waals surface area contributed by atoms with Gasteiger partial charge in [0.1, 0.15) is 23.3 Å². The van der Waals surface area contributed by atoms with Crippen LogP contribution >= 0.6 is 0 Å². The third kappa shape index (κ3) is 2.50. The molecular weight excluding hydrogens is 233 g/mol. The number of nitrogens with zero attached hydrogens (tertiary/aromatic N) is 2. The number of aromatic nitrogens is 1. The van der Waals surface area contributed by atoms with Crippen molar-refractivity contribution in [2.45, 2.75) is 0 Å². The number of anilines is 1. The highest BCUT2D eigenvalue weighted by Gasteiger charge is 2.10. The summed E-state index contributed by atoms with van der Waals surface area (Å²) in [6.45, 7) is 0. The molecule has 5 heteroatoms. The number of rotatable bonds is 2. The Morgan fingerprint density at radius 3 is 2.72 bits per heavy atom. The molecule has 1 amide bonds. The first-order valence-corrected chi connectivity index (χ1v) is 5.14. The normalized spacial score (nSPS) is 9.56. The van der Waals surface area contributed by atoms with Crippen LogP contribution < -0.4 is 5.32 Å². The molecule has 1 aromatic heterocycles. The Balaban J connectivity index is 2.23. The lowest BCUT2D eigenvalue weighted by atomic mass is 10.2. The fourth-order valence-electron chi connectivity index (χ4n) is 1.37. The van der Waals surface area contributed by atoms with Gasteiger partial charge in [-0.2, -0.15) is 5.26 Å². The highest BCUT2D eigenvalue weighted by atomic mass is 19.1. The number of carbonyl (C=O) groups excluding carboxylic acids is 1. The number of hydrogen-bond acceptors (Lipinski definition) is 3. The minimum absolute atomic E-state index is 0.0669. The lowest BCUT2D eigenvalue weighted by molar-refractivity contribution is 0.102. The minimum atomic E-state index is -0.558. The van der Waals surface area contributed by atoms with Gasteiger partial charge in [0.2, 0.25) is 0 Å². The Hall–Kier alpha value is -2.74. The summed E-state index contributed by atoms with van der Waals surface area (Å²) in [6.07, 6.45) is 0. The number of carbonyl (C=O) groups is 1. The van der Waals surface area contributed by atoms with E-state index in [1.807, 2.05) is 6.07 Å². The zero-order valence-corrected chi connectivity index (χ0v) is 9.22. The number of nitriles is 1. The van der Waals surface area contributed by atoms with Gasteiger partial charge in [0, 0.05) is 0 Å². The monoisotopic (exact) mass is 241 g/mol. The molecular formula is C13H8FN3O. The van der Waals surface area contributed by atoms with Crippen molar-refractivity contribution < 1.29 is 9.18 Å². The number of benzene rings is 1. The van der Waals surface area contributed by atoms with Gasteiger partial charge in [-0.05, 0) is 24.3 Å². The molecule has 0 atom stereocenters. The van der Waals surface area contributed by atoms with E-state index in [4.69, 9.17) is 5.26 Å². The lowest BCUT2D eigenvalue weighted by Crippen LogP contribution is -2.14. The van der Waals surface area contributed by atoms with E-state index >= 15 is 0 Å². The van der Waals surface area contributed by atoms with E-state index in [2.05, 4.69) is 10.3 Å². The minimum Gasteiger partial charge on any atom is -0.318 e. The van der Waals surface area contributed by atoms with Gasteiger partial charge in [-0.3, -0.25) is 4.79 Å². The van der Waals surface area contributed by atoms with Gasteiger partial charge in [-0.1, -0.05) is 18.2 Å². The predicted molar refractivity (Wildman–Crippen MR) is 63.3 cm³/mol. The van der Waals surface area contributed by atoms with Gasteiger partial charge in [-0.25, -0.2) is 9.37 Å². The third-order valence-corrected chi connectivity index (χ3v) is 2.22. The number of para-hydroxylation sites is 1. The fourth-order valence-corrected chi connectivity index (χ4v) is 1.37. The molecule has 4 nitrogen and oxygen atoms in total. The highest BCUT2D eigenvalue weighted by Crippen LogP contribution is 2.13. The van der Waals surface area contributed by atoms with Crippen LogP contribution in [0.4, 0.5) is 10.1 Å². The number of pyridine rings is 1. The molecule has 0 aliphatic heterocycles. The van der Waals surface area contributed by atoms with Gasteiger partial charge in [-0.15, -0.1) is 0 Å². The van der Waals surface area contributed by atoms with Crippen LogP contribution in [0.3, 0.4) is 0 Å². The van der Waals surface area contributed by atoms with Crippen molar-refractivity contribution in [3.8, 4) is 6.07 Å². The number of nitrogens with one attached hydrogen (secondary N) is 1. The maximum absolute atomic E-state index is 13.3. The SMILES string of the molecule is N#Cc1cccc(C(=O)Nc2ccccc2F)n1. The van der Waals surface area contributed by atoms with E-state index in [1.54, 1.807) is 12.1 Å². The van der Waals surface area contributed by atoms with E-state index in [9.17, 15) is 9.18 Å². The van der Waals surface area contributed by atoms with Crippen LogP contribution in [0.2, 0.25) is 0 Å². The molecule has 1 heterocycles. The molecule has 0 aliphatic rings. The summed E-state index contributed by atoms with van der Waals surface area (Å²) < 4.78 is 13.3. The molecule has 0 spiro atoms. The number of halogens is 1. The van der Waals surface area contributed by atoms with Gasteiger partial charge in [0.15, 0.2) is 0 Å². The number of hydrogen-bond donors (Lipinski definition) is 1. The maximum atomic E-state index is 13.3. The Morgan fingerprint density at radius 1 is 1.22 bits per heavy atom. The topological polar surface area (TPSA) is 65.8 Å². The van der Waals surface area contributed by atoms with E-state index in [0.717, 1.165) is 0 Å². The average Bonchev–Trinajstić information content (AvgIpc) is 2.41. The smallest absolute Gasteiger partial charge is 0.274 e. The Bertz CT molecular complexity index is 634. The first kappa shape index (κ1) is 11.7.